The largest absolute Gasteiger partial charge is 0.486 e. The van der Waals surface area contributed by atoms with Gasteiger partial charge >= 0.3 is 0 Å². The van der Waals surface area contributed by atoms with Crippen molar-refractivity contribution in [1.82, 2.24) is 0 Å². The van der Waals surface area contributed by atoms with E-state index >= 15 is 0 Å². The molecule has 0 aliphatic rings. The van der Waals surface area contributed by atoms with Gasteiger partial charge in [0.15, 0.2) is 5.78 Å². The van der Waals surface area contributed by atoms with Gasteiger partial charge in [0, 0.05) is 11.4 Å². The summed E-state index contributed by atoms with van der Waals surface area (Å²) >= 11 is 11.5. The molecule has 2 aromatic carbocycles. The van der Waals surface area contributed by atoms with Crippen molar-refractivity contribution in [3.05, 3.63) is 63.9 Å². The third-order valence-electron chi connectivity index (χ3n) is 2.62. The van der Waals surface area contributed by atoms with E-state index < -0.39 is 5.82 Å². The van der Waals surface area contributed by atoms with Gasteiger partial charge in [0.05, 0.1) is 5.02 Å². The molecule has 0 spiro atoms. The van der Waals surface area contributed by atoms with Crippen LogP contribution in [-0.2, 0) is 11.2 Å². The Balaban J connectivity index is 1.94. The van der Waals surface area contributed by atoms with Gasteiger partial charge in [-0.2, -0.15) is 0 Å². The van der Waals surface area contributed by atoms with Gasteiger partial charge in [-0.05, 0) is 29.8 Å². The smallest absolute Gasteiger partial charge is 0.174 e. The summed E-state index contributed by atoms with van der Waals surface area (Å²) in [5, 5.41) is 0.530. The van der Waals surface area contributed by atoms with Crippen molar-refractivity contribution in [2.45, 2.75) is 6.42 Å². The van der Waals surface area contributed by atoms with E-state index in [-0.39, 0.29) is 29.4 Å². The lowest BCUT2D eigenvalue weighted by atomic mass is 10.1. The lowest BCUT2D eigenvalue weighted by Gasteiger charge is -2.07. The molecule has 0 N–H and O–H groups in total. The van der Waals surface area contributed by atoms with Crippen molar-refractivity contribution in [1.29, 1.82) is 0 Å². The molecule has 0 amide bonds. The maximum absolute atomic E-state index is 13.6. The van der Waals surface area contributed by atoms with Crippen LogP contribution in [0.2, 0.25) is 10.0 Å². The van der Waals surface area contributed by atoms with Crippen LogP contribution in [0.15, 0.2) is 42.5 Å². The average molecular weight is 313 g/mol. The predicted molar refractivity (Wildman–Crippen MR) is 77.1 cm³/mol. The molecule has 0 atom stereocenters. The van der Waals surface area contributed by atoms with Gasteiger partial charge in [-0.1, -0.05) is 41.4 Å². The summed E-state index contributed by atoms with van der Waals surface area (Å²) in [4.78, 5) is 11.8. The van der Waals surface area contributed by atoms with Crippen molar-refractivity contribution in [2.75, 3.05) is 6.61 Å². The summed E-state index contributed by atoms with van der Waals surface area (Å²) in [6.45, 7) is -0.147. The number of hydrogen-bond acceptors (Lipinski definition) is 2. The Hall–Kier alpha value is -1.58. The van der Waals surface area contributed by atoms with Crippen LogP contribution in [0.4, 0.5) is 4.39 Å². The van der Waals surface area contributed by atoms with Crippen LogP contribution >= 0.6 is 23.2 Å². The maximum Gasteiger partial charge on any atom is 0.174 e. The molecule has 0 aliphatic carbocycles. The number of hydrogen-bond donors (Lipinski definition) is 0. The Kier molecular flexibility index (Phi) is 4.99. The number of Topliss-reactive ketones (excluding diaryl/α,β-unsaturated/α-hetero) is 1. The van der Waals surface area contributed by atoms with Crippen molar-refractivity contribution < 1.29 is 13.9 Å². The van der Waals surface area contributed by atoms with E-state index in [4.69, 9.17) is 27.9 Å². The molecule has 2 rings (SSSR count). The minimum Gasteiger partial charge on any atom is -0.486 e. The van der Waals surface area contributed by atoms with Gasteiger partial charge in [-0.3, -0.25) is 4.79 Å². The molecule has 20 heavy (non-hydrogen) atoms. The van der Waals surface area contributed by atoms with E-state index in [1.54, 1.807) is 30.3 Å². The second-order valence-corrected chi connectivity index (χ2v) is 5.02. The zero-order chi connectivity index (χ0) is 14.5. The first kappa shape index (κ1) is 14.8. The fourth-order valence-corrected chi connectivity index (χ4v) is 2.04. The lowest BCUT2D eigenvalue weighted by molar-refractivity contribution is -0.120. The molecule has 0 radical (unpaired) electrons. The predicted octanol–water partition coefficient (Wildman–Crippen LogP) is 4.32. The van der Waals surface area contributed by atoms with Crippen LogP contribution < -0.4 is 4.74 Å². The van der Waals surface area contributed by atoms with Crippen LogP contribution in [0.1, 0.15) is 5.56 Å². The molecular formula is C15H11Cl2FO2. The van der Waals surface area contributed by atoms with E-state index in [9.17, 15) is 9.18 Å². The van der Waals surface area contributed by atoms with Crippen LogP contribution in [0, 0.1) is 5.82 Å². The second kappa shape index (κ2) is 6.73. The molecule has 0 bridgehead atoms. The fraction of sp³-hybridized carbons (Fsp3) is 0.133. The standard InChI is InChI=1S/C15H11Cl2FO2/c16-11-4-2-5-13(8-11)20-9-12(19)7-10-3-1-6-14(17)15(10)18/h1-6,8H,7,9H2. The van der Waals surface area contributed by atoms with Gasteiger partial charge in [-0.25, -0.2) is 4.39 Å². The molecule has 104 valence electrons. The van der Waals surface area contributed by atoms with Crippen molar-refractivity contribution in [3.8, 4) is 5.75 Å². The molecule has 0 unspecified atom stereocenters. The van der Waals surface area contributed by atoms with Gasteiger partial charge < -0.3 is 4.74 Å². The van der Waals surface area contributed by atoms with Gasteiger partial charge in [-0.15, -0.1) is 0 Å². The third kappa shape index (κ3) is 3.95. The lowest BCUT2D eigenvalue weighted by Crippen LogP contribution is -2.14. The number of carbonyl (C=O) groups is 1. The Morgan fingerprint density at radius 1 is 1.15 bits per heavy atom. The molecule has 0 heterocycles. The highest BCUT2D eigenvalue weighted by Crippen LogP contribution is 2.19. The zero-order valence-corrected chi connectivity index (χ0v) is 11.9. The Labute approximate surface area is 126 Å². The molecule has 0 saturated heterocycles. The minimum absolute atomic E-state index is 0.00561. The monoisotopic (exact) mass is 312 g/mol. The first-order chi connectivity index (χ1) is 9.56. The Morgan fingerprint density at radius 3 is 2.65 bits per heavy atom. The molecule has 0 saturated carbocycles. The first-order valence-electron chi connectivity index (χ1n) is 5.89. The highest BCUT2D eigenvalue weighted by molar-refractivity contribution is 6.31. The van der Waals surface area contributed by atoms with Crippen LogP contribution in [-0.4, -0.2) is 12.4 Å². The number of rotatable bonds is 5. The van der Waals surface area contributed by atoms with Crippen LogP contribution in [0.5, 0.6) is 5.75 Å². The average Bonchev–Trinajstić information content (AvgIpc) is 2.42. The Bertz CT molecular complexity index is 629. The number of carbonyl (C=O) groups excluding carboxylic acids is 1. The van der Waals surface area contributed by atoms with E-state index in [1.807, 2.05) is 0 Å². The molecule has 0 aromatic heterocycles. The molecule has 0 fully saturated rings. The van der Waals surface area contributed by atoms with E-state index in [2.05, 4.69) is 0 Å². The summed E-state index contributed by atoms with van der Waals surface area (Å²) in [5.74, 6) is -0.311. The number of halogens is 3. The van der Waals surface area contributed by atoms with E-state index in [0.29, 0.717) is 10.8 Å². The normalized spacial score (nSPS) is 10.3. The van der Waals surface area contributed by atoms with Gasteiger partial charge in [0.2, 0.25) is 0 Å². The zero-order valence-electron chi connectivity index (χ0n) is 10.4. The van der Waals surface area contributed by atoms with Crippen molar-refractivity contribution in [3.63, 3.8) is 0 Å². The summed E-state index contributed by atoms with van der Waals surface area (Å²) in [6, 6.07) is 11.3. The summed E-state index contributed by atoms with van der Waals surface area (Å²) in [6.07, 6.45) is -0.0625. The second-order valence-electron chi connectivity index (χ2n) is 4.17. The van der Waals surface area contributed by atoms with E-state index in [0.717, 1.165) is 0 Å². The highest BCUT2D eigenvalue weighted by atomic mass is 35.5. The number of ketones is 1. The van der Waals surface area contributed by atoms with Crippen LogP contribution in [0.3, 0.4) is 0 Å². The fourth-order valence-electron chi connectivity index (χ4n) is 1.67. The molecular weight excluding hydrogens is 302 g/mol. The molecule has 2 nitrogen and oxygen atoms in total. The topological polar surface area (TPSA) is 26.3 Å². The molecule has 5 heteroatoms. The SMILES string of the molecule is O=C(COc1cccc(Cl)c1)Cc1cccc(Cl)c1F. The molecule has 2 aromatic rings. The first-order valence-corrected chi connectivity index (χ1v) is 6.65. The highest BCUT2D eigenvalue weighted by Gasteiger charge is 2.11. The van der Waals surface area contributed by atoms with E-state index in [1.165, 1.54) is 12.1 Å². The summed E-state index contributed by atoms with van der Waals surface area (Å²) < 4.78 is 18.9. The quantitative estimate of drug-likeness (QED) is 0.821. The van der Waals surface area contributed by atoms with Crippen molar-refractivity contribution >= 4 is 29.0 Å². The molecule has 0 aliphatic heterocycles. The number of ether oxygens (including phenoxy) is 1. The number of benzene rings is 2. The minimum atomic E-state index is -0.565. The maximum atomic E-state index is 13.6. The van der Waals surface area contributed by atoms with Crippen molar-refractivity contribution in [2.24, 2.45) is 0 Å². The third-order valence-corrected chi connectivity index (χ3v) is 3.14. The Morgan fingerprint density at radius 2 is 1.90 bits per heavy atom. The van der Waals surface area contributed by atoms with Gasteiger partial charge in [0.1, 0.15) is 18.2 Å². The summed E-state index contributed by atoms with van der Waals surface area (Å²) in [7, 11) is 0. The van der Waals surface area contributed by atoms with Crippen LogP contribution in [0.25, 0.3) is 0 Å². The van der Waals surface area contributed by atoms with Gasteiger partial charge in [0.25, 0.3) is 0 Å². The summed E-state index contributed by atoms with van der Waals surface area (Å²) in [5.41, 5.74) is 0.261.